The van der Waals surface area contributed by atoms with Gasteiger partial charge in [-0.2, -0.15) is 0 Å². The Morgan fingerprint density at radius 3 is 1.82 bits per heavy atom. The minimum Gasteiger partial charge on any atom is -0.308 e. The van der Waals surface area contributed by atoms with Gasteiger partial charge >= 0.3 is 0 Å². The van der Waals surface area contributed by atoms with Gasteiger partial charge in [-0.25, -0.2) is 12.7 Å². The maximum Gasteiger partial charge on any atom is 0.271 e. The fourth-order valence-corrected chi connectivity index (χ4v) is 8.59. The Hall–Kier alpha value is -5.66. The van der Waals surface area contributed by atoms with Crippen LogP contribution in [-0.2, 0) is 10.0 Å². The van der Waals surface area contributed by atoms with Crippen LogP contribution in [0, 0.1) is 0 Å². The van der Waals surface area contributed by atoms with Crippen LogP contribution in [0.5, 0.6) is 0 Å². The van der Waals surface area contributed by atoms with E-state index in [0.29, 0.717) is 22.5 Å². The molecule has 8 aromatic rings. The van der Waals surface area contributed by atoms with E-state index in [1.54, 1.807) is 6.20 Å². The monoisotopic (exact) mass is 588 g/mol. The van der Waals surface area contributed by atoms with E-state index >= 15 is 0 Å². The average molecular weight is 589 g/mol. The van der Waals surface area contributed by atoms with E-state index in [2.05, 4.69) is 33.4 Å². The standard InChI is InChI=1S/C37H24N4O2S/c42-44(43)37-30-23-29-33(39(25-13-4-1-5-14-25)32-21-12-22-38-35(29)32)24-34(30)40(26-15-6-2-7-16-26)36(37)28-19-10-11-20-31(28)41(44)27-17-8-3-9-18-27/h1-24H. The van der Waals surface area contributed by atoms with Crippen LogP contribution in [0.1, 0.15) is 0 Å². The molecule has 0 saturated carbocycles. The van der Waals surface area contributed by atoms with E-state index in [1.807, 2.05) is 115 Å². The van der Waals surface area contributed by atoms with E-state index in [1.165, 1.54) is 4.31 Å². The van der Waals surface area contributed by atoms with Crippen LogP contribution < -0.4 is 4.31 Å². The van der Waals surface area contributed by atoms with Crippen molar-refractivity contribution in [3.8, 4) is 22.6 Å². The van der Waals surface area contributed by atoms with E-state index in [4.69, 9.17) is 4.98 Å². The van der Waals surface area contributed by atoms with Crippen molar-refractivity contribution in [1.29, 1.82) is 0 Å². The SMILES string of the molecule is O=S1(=O)c2c(n(-c3ccccc3)c3cc4c(cc23)c2ncccc2n4-c2ccccc2)-c2ccccc2N1c1ccccc1. The maximum absolute atomic E-state index is 14.9. The zero-order chi connectivity index (χ0) is 29.4. The molecule has 0 bridgehead atoms. The van der Waals surface area contributed by atoms with Crippen molar-refractivity contribution in [3.05, 3.63) is 146 Å². The van der Waals surface area contributed by atoms with E-state index in [-0.39, 0.29) is 4.90 Å². The van der Waals surface area contributed by atoms with Crippen LogP contribution in [0.2, 0.25) is 0 Å². The molecule has 9 rings (SSSR count). The first kappa shape index (κ1) is 24.9. The summed E-state index contributed by atoms with van der Waals surface area (Å²) in [5.74, 6) is 0. The molecule has 44 heavy (non-hydrogen) atoms. The lowest BCUT2D eigenvalue weighted by Gasteiger charge is -2.31. The molecule has 0 amide bonds. The second-order valence-corrected chi connectivity index (χ2v) is 12.6. The molecule has 0 fully saturated rings. The van der Waals surface area contributed by atoms with Crippen LogP contribution in [0.3, 0.4) is 0 Å². The van der Waals surface area contributed by atoms with Crippen molar-refractivity contribution in [2.75, 3.05) is 4.31 Å². The number of nitrogens with zero attached hydrogens (tertiary/aromatic N) is 4. The minimum atomic E-state index is -4.05. The quantitative estimate of drug-likeness (QED) is 0.208. The summed E-state index contributed by atoms with van der Waals surface area (Å²) in [5, 5.41) is 1.55. The number of pyridine rings is 1. The number of fused-ring (bicyclic) bond motifs is 8. The van der Waals surface area contributed by atoms with Gasteiger partial charge in [0.1, 0.15) is 4.90 Å². The second kappa shape index (κ2) is 9.17. The zero-order valence-electron chi connectivity index (χ0n) is 23.4. The van der Waals surface area contributed by atoms with Crippen molar-refractivity contribution < 1.29 is 8.42 Å². The third kappa shape index (κ3) is 3.35. The average Bonchev–Trinajstić information content (AvgIpc) is 3.58. The fraction of sp³-hybridized carbons (Fsp3) is 0. The normalized spacial score (nSPS) is 13.8. The number of sulfonamides is 1. The Bertz CT molecular complexity index is 2500. The highest BCUT2D eigenvalue weighted by molar-refractivity contribution is 7.93. The summed E-state index contributed by atoms with van der Waals surface area (Å²) in [5.41, 5.74) is 8.16. The number of anilines is 2. The first-order valence-corrected chi connectivity index (χ1v) is 15.9. The largest absolute Gasteiger partial charge is 0.308 e. The van der Waals surface area contributed by atoms with Gasteiger partial charge in [0.2, 0.25) is 0 Å². The van der Waals surface area contributed by atoms with E-state index in [0.717, 1.165) is 44.4 Å². The molecule has 6 nitrogen and oxygen atoms in total. The lowest BCUT2D eigenvalue weighted by molar-refractivity contribution is 0.596. The van der Waals surface area contributed by atoms with Crippen molar-refractivity contribution in [2.45, 2.75) is 4.90 Å². The summed E-state index contributed by atoms with van der Waals surface area (Å²) < 4.78 is 35.7. The van der Waals surface area contributed by atoms with Crippen LogP contribution in [-0.4, -0.2) is 22.5 Å². The summed E-state index contributed by atoms with van der Waals surface area (Å²) in [7, 11) is -4.05. The molecule has 0 aliphatic carbocycles. The molecule has 4 heterocycles. The number of rotatable bonds is 3. The summed E-state index contributed by atoms with van der Waals surface area (Å²) in [4.78, 5) is 5.08. The van der Waals surface area contributed by atoms with E-state index in [9.17, 15) is 8.42 Å². The Labute approximate surface area is 253 Å². The third-order valence-electron chi connectivity index (χ3n) is 8.46. The van der Waals surface area contributed by atoms with Crippen molar-refractivity contribution in [3.63, 3.8) is 0 Å². The number of hydrogen-bond donors (Lipinski definition) is 0. The highest BCUT2D eigenvalue weighted by atomic mass is 32.2. The lowest BCUT2D eigenvalue weighted by Crippen LogP contribution is -2.30. The molecular weight excluding hydrogens is 565 g/mol. The Morgan fingerprint density at radius 1 is 0.523 bits per heavy atom. The lowest BCUT2D eigenvalue weighted by atomic mass is 10.1. The highest BCUT2D eigenvalue weighted by Gasteiger charge is 2.41. The molecule has 0 atom stereocenters. The molecular formula is C37H24N4O2S. The molecule has 3 aromatic heterocycles. The Morgan fingerprint density at radius 2 is 1.11 bits per heavy atom. The van der Waals surface area contributed by atoms with Gasteiger partial charge < -0.3 is 9.13 Å². The molecule has 1 aliphatic rings. The number of benzene rings is 5. The predicted octanol–water partition coefficient (Wildman–Crippen LogP) is 8.63. The van der Waals surface area contributed by atoms with Gasteiger partial charge in [-0.3, -0.25) is 4.98 Å². The minimum absolute atomic E-state index is 0.289. The van der Waals surface area contributed by atoms with Gasteiger partial charge in [-0.05, 0) is 66.7 Å². The summed E-state index contributed by atoms with van der Waals surface area (Å²) in [6, 6.07) is 45.4. The zero-order valence-corrected chi connectivity index (χ0v) is 24.2. The molecule has 7 heteroatoms. The molecule has 5 aromatic carbocycles. The molecule has 0 N–H and O–H groups in total. The van der Waals surface area contributed by atoms with Gasteiger partial charge in [-0.15, -0.1) is 0 Å². The maximum atomic E-state index is 14.9. The Balaban J connectivity index is 1.50. The molecule has 0 spiro atoms. The van der Waals surface area contributed by atoms with Gasteiger partial charge in [0.25, 0.3) is 10.0 Å². The number of aromatic nitrogens is 3. The van der Waals surface area contributed by atoms with Gasteiger partial charge in [-0.1, -0.05) is 72.8 Å². The number of hydrogen-bond acceptors (Lipinski definition) is 3. The third-order valence-corrected chi connectivity index (χ3v) is 10.3. The first-order valence-electron chi connectivity index (χ1n) is 14.4. The van der Waals surface area contributed by atoms with E-state index < -0.39 is 10.0 Å². The summed E-state index contributed by atoms with van der Waals surface area (Å²) in [6.07, 6.45) is 1.79. The highest BCUT2D eigenvalue weighted by Crippen LogP contribution is 2.52. The van der Waals surface area contributed by atoms with Crippen molar-refractivity contribution in [1.82, 2.24) is 14.1 Å². The van der Waals surface area contributed by atoms with Crippen LogP contribution in [0.4, 0.5) is 11.4 Å². The second-order valence-electron chi connectivity index (χ2n) is 10.9. The van der Waals surface area contributed by atoms with Gasteiger partial charge in [0.05, 0.1) is 39.1 Å². The topological polar surface area (TPSA) is 60.1 Å². The van der Waals surface area contributed by atoms with Crippen molar-refractivity contribution in [2.24, 2.45) is 0 Å². The van der Waals surface area contributed by atoms with Gasteiger partial charge in [0, 0.05) is 33.9 Å². The van der Waals surface area contributed by atoms with Crippen LogP contribution >= 0.6 is 0 Å². The molecule has 210 valence electrons. The van der Waals surface area contributed by atoms with Gasteiger partial charge in [0.15, 0.2) is 0 Å². The Kier molecular flexibility index (Phi) is 5.19. The van der Waals surface area contributed by atoms with Crippen molar-refractivity contribution >= 4 is 54.2 Å². The predicted molar refractivity (Wildman–Crippen MR) is 177 cm³/mol. The summed E-state index contributed by atoms with van der Waals surface area (Å²) >= 11 is 0. The molecule has 0 saturated heterocycles. The van der Waals surface area contributed by atoms with Crippen LogP contribution in [0.25, 0.3) is 55.5 Å². The number of para-hydroxylation sites is 4. The smallest absolute Gasteiger partial charge is 0.271 e. The summed E-state index contributed by atoms with van der Waals surface area (Å²) in [6.45, 7) is 0. The van der Waals surface area contributed by atoms with Crippen LogP contribution in [0.15, 0.2) is 151 Å². The molecule has 0 unspecified atom stereocenters. The fourth-order valence-electron chi connectivity index (χ4n) is 6.70. The first-order chi connectivity index (χ1) is 21.6. The molecule has 1 aliphatic heterocycles. The molecule has 0 radical (unpaired) electrons.